The quantitative estimate of drug-likeness (QED) is 0.825. The molecule has 1 aromatic rings. The highest BCUT2D eigenvalue weighted by atomic mass is 16.5. The van der Waals surface area contributed by atoms with Crippen LogP contribution in [0, 0.1) is 5.41 Å². The molecule has 0 unspecified atom stereocenters. The molecular weight excluding hydrogens is 234 g/mol. The zero-order valence-corrected chi connectivity index (χ0v) is 10.3. The molecule has 1 saturated carbocycles. The fraction of sp³-hybridized carbons (Fsp3) is 0.583. The van der Waals surface area contributed by atoms with Crippen LogP contribution in [0.3, 0.4) is 0 Å². The van der Waals surface area contributed by atoms with E-state index in [4.69, 9.17) is 4.74 Å². The van der Waals surface area contributed by atoms with Crippen LogP contribution in [-0.2, 0) is 4.79 Å². The van der Waals surface area contributed by atoms with Crippen molar-refractivity contribution in [2.45, 2.75) is 25.7 Å². The van der Waals surface area contributed by atoms with Crippen LogP contribution >= 0.6 is 0 Å². The molecule has 0 aliphatic heterocycles. The lowest BCUT2D eigenvalue weighted by Crippen LogP contribution is -2.35. The number of hydrogen-bond donors (Lipinski definition) is 2. The molecule has 1 aliphatic rings. The van der Waals surface area contributed by atoms with Gasteiger partial charge in [0.2, 0.25) is 5.88 Å². The van der Waals surface area contributed by atoms with Crippen LogP contribution in [0.4, 0.5) is 5.82 Å². The zero-order chi connectivity index (χ0) is 13.0. The summed E-state index contributed by atoms with van der Waals surface area (Å²) in [7, 11) is 1.53. The molecule has 1 aliphatic carbocycles. The minimum absolute atomic E-state index is 0.391. The van der Waals surface area contributed by atoms with E-state index in [0.717, 1.165) is 25.7 Å². The first-order chi connectivity index (χ1) is 8.66. The molecule has 0 saturated heterocycles. The molecule has 98 valence electrons. The van der Waals surface area contributed by atoms with Crippen molar-refractivity contribution in [2.24, 2.45) is 5.41 Å². The average Bonchev–Trinajstić information content (AvgIpc) is 2.87. The maximum absolute atomic E-state index is 11.4. The van der Waals surface area contributed by atoms with Crippen molar-refractivity contribution in [1.29, 1.82) is 0 Å². The normalized spacial score (nSPS) is 17.4. The van der Waals surface area contributed by atoms with Gasteiger partial charge in [-0.3, -0.25) is 4.79 Å². The fourth-order valence-corrected chi connectivity index (χ4v) is 2.33. The molecule has 0 spiro atoms. The van der Waals surface area contributed by atoms with Crippen LogP contribution in [0.25, 0.3) is 0 Å². The largest absolute Gasteiger partial charge is 0.481 e. The lowest BCUT2D eigenvalue weighted by molar-refractivity contribution is -0.147. The molecule has 6 nitrogen and oxygen atoms in total. The number of ether oxygens (including phenoxy) is 1. The third-order valence-corrected chi connectivity index (χ3v) is 3.47. The molecule has 1 fully saturated rings. The number of nitrogens with zero attached hydrogens (tertiary/aromatic N) is 2. The van der Waals surface area contributed by atoms with Gasteiger partial charge in [-0.25, -0.2) is 9.97 Å². The van der Waals surface area contributed by atoms with E-state index >= 15 is 0 Å². The Morgan fingerprint density at radius 1 is 1.50 bits per heavy atom. The summed E-state index contributed by atoms with van der Waals surface area (Å²) in [5.41, 5.74) is -0.655. The Bertz CT molecular complexity index is 430. The molecule has 6 heteroatoms. The molecule has 0 aromatic carbocycles. The predicted octanol–water partition coefficient (Wildman–Crippen LogP) is 1.54. The van der Waals surface area contributed by atoms with Gasteiger partial charge in [-0.2, -0.15) is 0 Å². The van der Waals surface area contributed by atoms with Crippen molar-refractivity contribution >= 4 is 11.8 Å². The van der Waals surface area contributed by atoms with Crippen molar-refractivity contribution < 1.29 is 14.6 Å². The predicted molar refractivity (Wildman–Crippen MR) is 65.6 cm³/mol. The first-order valence-corrected chi connectivity index (χ1v) is 6.00. The number of carbonyl (C=O) groups is 1. The Labute approximate surface area is 105 Å². The highest BCUT2D eigenvalue weighted by molar-refractivity contribution is 5.75. The Morgan fingerprint density at radius 3 is 2.83 bits per heavy atom. The molecule has 0 bridgehead atoms. The SMILES string of the molecule is COc1cc(NCC2(C(=O)O)CCCC2)ncn1. The third-order valence-electron chi connectivity index (χ3n) is 3.47. The van der Waals surface area contributed by atoms with E-state index in [-0.39, 0.29) is 0 Å². The van der Waals surface area contributed by atoms with E-state index in [1.165, 1.54) is 13.4 Å². The number of hydrogen-bond acceptors (Lipinski definition) is 5. The summed E-state index contributed by atoms with van der Waals surface area (Å²) in [6.45, 7) is 0.391. The minimum atomic E-state index is -0.728. The topological polar surface area (TPSA) is 84.3 Å². The van der Waals surface area contributed by atoms with Gasteiger partial charge >= 0.3 is 5.97 Å². The Kier molecular flexibility index (Phi) is 3.64. The maximum atomic E-state index is 11.4. The highest BCUT2D eigenvalue weighted by Crippen LogP contribution is 2.38. The molecule has 2 N–H and O–H groups in total. The van der Waals surface area contributed by atoms with Crippen LogP contribution in [0.15, 0.2) is 12.4 Å². The van der Waals surface area contributed by atoms with Gasteiger partial charge in [0, 0.05) is 12.6 Å². The second-order valence-electron chi connectivity index (χ2n) is 4.59. The number of anilines is 1. The van der Waals surface area contributed by atoms with Gasteiger partial charge in [0.25, 0.3) is 0 Å². The number of nitrogens with one attached hydrogen (secondary N) is 1. The number of carboxylic acids is 1. The van der Waals surface area contributed by atoms with Crippen molar-refractivity contribution in [1.82, 2.24) is 9.97 Å². The molecule has 1 aromatic heterocycles. The van der Waals surface area contributed by atoms with Crippen molar-refractivity contribution in [2.75, 3.05) is 19.0 Å². The van der Waals surface area contributed by atoms with E-state index < -0.39 is 11.4 Å². The summed E-state index contributed by atoms with van der Waals surface area (Å²) in [6.07, 6.45) is 4.78. The minimum Gasteiger partial charge on any atom is -0.481 e. The number of aromatic nitrogens is 2. The Morgan fingerprint density at radius 2 is 2.22 bits per heavy atom. The molecule has 18 heavy (non-hydrogen) atoms. The maximum Gasteiger partial charge on any atom is 0.311 e. The lowest BCUT2D eigenvalue weighted by atomic mass is 9.86. The number of aliphatic carboxylic acids is 1. The van der Waals surface area contributed by atoms with Gasteiger partial charge in [-0.05, 0) is 12.8 Å². The number of rotatable bonds is 5. The number of carboxylic acid groups (broad SMARTS) is 1. The summed E-state index contributed by atoms with van der Waals surface area (Å²) in [5, 5.41) is 12.4. The summed E-state index contributed by atoms with van der Waals surface area (Å²) in [5.74, 6) is 0.325. The van der Waals surface area contributed by atoms with Crippen LogP contribution in [0.1, 0.15) is 25.7 Å². The smallest absolute Gasteiger partial charge is 0.311 e. The third kappa shape index (κ3) is 2.52. The van der Waals surface area contributed by atoms with Gasteiger partial charge in [0.1, 0.15) is 12.1 Å². The molecule has 0 atom stereocenters. The van der Waals surface area contributed by atoms with Crippen molar-refractivity contribution in [3.05, 3.63) is 12.4 Å². The van der Waals surface area contributed by atoms with E-state index in [2.05, 4.69) is 15.3 Å². The number of methoxy groups -OCH3 is 1. The molecule has 1 heterocycles. The van der Waals surface area contributed by atoms with E-state index in [1.807, 2.05) is 0 Å². The lowest BCUT2D eigenvalue weighted by Gasteiger charge is -2.24. The molecule has 0 radical (unpaired) electrons. The van der Waals surface area contributed by atoms with Crippen molar-refractivity contribution in [3.8, 4) is 5.88 Å². The van der Waals surface area contributed by atoms with E-state index in [1.54, 1.807) is 6.07 Å². The fourth-order valence-electron chi connectivity index (χ4n) is 2.33. The van der Waals surface area contributed by atoms with Crippen molar-refractivity contribution in [3.63, 3.8) is 0 Å². The van der Waals surface area contributed by atoms with Gasteiger partial charge in [-0.15, -0.1) is 0 Å². The highest BCUT2D eigenvalue weighted by Gasteiger charge is 2.41. The van der Waals surface area contributed by atoms with Crippen LogP contribution < -0.4 is 10.1 Å². The molecular formula is C12H17N3O3. The standard InChI is InChI=1S/C12H17N3O3/c1-18-10-6-9(14-8-15-10)13-7-12(11(16)17)4-2-3-5-12/h6,8H,2-5,7H2,1H3,(H,16,17)(H,13,14,15). The average molecular weight is 251 g/mol. The monoisotopic (exact) mass is 251 g/mol. The first kappa shape index (κ1) is 12.6. The first-order valence-electron chi connectivity index (χ1n) is 6.00. The van der Waals surface area contributed by atoms with Crippen LogP contribution in [0.2, 0.25) is 0 Å². The molecule has 2 rings (SSSR count). The Balaban J connectivity index is 2.03. The Hall–Kier alpha value is -1.85. The summed E-state index contributed by atoms with van der Waals surface area (Å²) in [6, 6.07) is 1.66. The van der Waals surface area contributed by atoms with E-state index in [9.17, 15) is 9.90 Å². The van der Waals surface area contributed by atoms with Gasteiger partial charge in [0.05, 0.1) is 12.5 Å². The van der Waals surface area contributed by atoms with Gasteiger partial charge in [-0.1, -0.05) is 12.8 Å². The van der Waals surface area contributed by atoms with Crippen LogP contribution in [0.5, 0.6) is 5.88 Å². The summed E-state index contributed by atoms with van der Waals surface area (Å²) >= 11 is 0. The summed E-state index contributed by atoms with van der Waals surface area (Å²) < 4.78 is 4.99. The van der Waals surface area contributed by atoms with Gasteiger partial charge in [0.15, 0.2) is 0 Å². The summed E-state index contributed by atoms with van der Waals surface area (Å²) in [4.78, 5) is 19.3. The van der Waals surface area contributed by atoms with E-state index in [0.29, 0.717) is 18.2 Å². The van der Waals surface area contributed by atoms with Gasteiger partial charge < -0.3 is 15.2 Å². The molecule has 0 amide bonds. The second kappa shape index (κ2) is 5.20. The van der Waals surface area contributed by atoms with Crippen LogP contribution in [-0.4, -0.2) is 34.7 Å². The second-order valence-corrected chi connectivity index (χ2v) is 4.59. The zero-order valence-electron chi connectivity index (χ0n) is 10.3.